The minimum atomic E-state index is 0.446. The summed E-state index contributed by atoms with van der Waals surface area (Å²) in [5, 5.41) is 0. The molecule has 0 aromatic heterocycles. The average Bonchev–Trinajstić information content (AvgIpc) is 2.19. The maximum absolute atomic E-state index is 5.19. The summed E-state index contributed by atoms with van der Waals surface area (Å²) in [4.78, 5) is 0.446. The average molecular weight is 237 g/mol. The van der Waals surface area contributed by atoms with E-state index in [0.29, 0.717) is 4.83 Å². The van der Waals surface area contributed by atoms with Gasteiger partial charge in [-0.05, 0) is 18.4 Å². The van der Waals surface area contributed by atoms with Crippen LogP contribution in [0, 0.1) is 12.3 Å². The third kappa shape index (κ3) is 3.65. The lowest BCUT2D eigenvalue weighted by atomic mass is 10.1. The monoisotopic (exact) mass is 236 g/mol. The summed E-state index contributed by atoms with van der Waals surface area (Å²) in [7, 11) is 0. The van der Waals surface area contributed by atoms with Crippen LogP contribution in [0.1, 0.15) is 29.7 Å². The Balaban J connectivity index is 2.41. The molecule has 1 unspecified atom stereocenters. The van der Waals surface area contributed by atoms with Crippen molar-refractivity contribution in [2.75, 3.05) is 0 Å². The van der Waals surface area contributed by atoms with Gasteiger partial charge in [-0.25, -0.2) is 0 Å². The van der Waals surface area contributed by atoms with Gasteiger partial charge in [-0.3, -0.25) is 0 Å². The zero-order chi connectivity index (χ0) is 9.52. The van der Waals surface area contributed by atoms with Gasteiger partial charge in [0.25, 0.3) is 0 Å². The molecular weight excluding hydrogens is 224 g/mol. The van der Waals surface area contributed by atoms with Crippen molar-refractivity contribution in [2.45, 2.75) is 24.1 Å². The number of hydrogen-bond donors (Lipinski definition) is 0. The molecule has 13 heavy (non-hydrogen) atoms. The molecule has 0 nitrogen and oxygen atoms in total. The molecule has 0 N–H and O–H groups in total. The molecule has 1 atom stereocenters. The van der Waals surface area contributed by atoms with E-state index in [1.165, 1.54) is 5.56 Å². The second-order valence-electron chi connectivity index (χ2n) is 2.97. The van der Waals surface area contributed by atoms with Crippen molar-refractivity contribution in [2.24, 2.45) is 0 Å². The SMILES string of the molecule is C#CCCCC(Br)c1ccccc1. The summed E-state index contributed by atoms with van der Waals surface area (Å²) in [6, 6.07) is 10.4. The van der Waals surface area contributed by atoms with Crippen molar-refractivity contribution in [1.82, 2.24) is 0 Å². The van der Waals surface area contributed by atoms with Gasteiger partial charge < -0.3 is 0 Å². The molecular formula is C12H13Br. The van der Waals surface area contributed by atoms with Crippen molar-refractivity contribution in [3.05, 3.63) is 35.9 Å². The summed E-state index contributed by atoms with van der Waals surface area (Å²) in [5.41, 5.74) is 1.33. The van der Waals surface area contributed by atoms with Crippen LogP contribution in [0.5, 0.6) is 0 Å². The van der Waals surface area contributed by atoms with Gasteiger partial charge >= 0.3 is 0 Å². The molecule has 0 fully saturated rings. The first-order chi connectivity index (χ1) is 6.34. The Morgan fingerprint density at radius 1 is 1.31 bits per heavy atom. The van der Waals surface area contributed by atoms with Crippen LogP contribution >= 0.6 is 15.9 Å². The first kappa shape index (κ1) is 10.3. The summed E-state index contributed by atoms with van der Waals surface area (Å²) < 4.78 is 0. The summed E-state index contributed by atoms with van der Waals surface area (Å²) in [6.07, 6.45) is 8.25. The molecule has 0 spiro atoms. The maximum Gasteiger partial charge on any atom is 0.0395 e. The first-order valence-corrected chi connectivity index (χ1v) is 5.38. The lowest BCUT2D eigenvalue weighted by Gasteiger charge is -2.08. The second-order valence-corrected chi connectivity index (χ2v) is 4.08. The van der Waals surface area contributed by atoms with Crippen LogP contribution in [-0.2, 0) is 0 Å². The highest BCUT2D eigenvalue weighted by Crippen LogP contribution is 2.27. The molecule has 0 aliphatic carbocycles. The minimum absolute atomic E-state index is 0.446. The van der Waals surface area contributed by atoms with E-state index in [2.05, 4.69) is 46.1 Å². The third-order valence-electron chi connectivity index (χ3n) is 1.94. The first-order valence-electron chi connectivity index (χ1n) is 4.47. The van der Waals surface area contributed by atoms with Gasteiger partial charge in [0.1, 0.15) is 0 Å². The Morgan fingerprint density at radius 2 is 2.00 bits per heavy atom. The van der Waals surface area contributed by atoms with Crippen LogP contribution in [0.15, 0.2) is 30.3 Å². The molecule has 0 bridgehead atoms. The number of benzene rings is 1. The summed E-state index contributed by atoms with van der Waals surface area (Å²) >= 11 is 3.65. The number of hydrogen-bond acceptors (Lipinski definition) is 0. The van der Waals surface area contributed by atoms with Gasteiger partial charge in [0.05, 0.1) is 0 Å². The van der Waals surface area contributed by atoms with Crippen molar-refractivity contribution in [3.63, 3.8) is 0 Å². The Bertz CT molecular complexity index is 271. The Labute approximate surface area is 88.5 Å². The van der Waals surface area contributed by atoms with Gasteiger partial charge in [-0.15, -0.1) is 12.3 Å². The van der Waals surface area contributed by atoms with E-state index in [9.17, 15) is 0 Å². The molecule has 0 aliphatic heterocycles. The fourth-order valence-corrected chi connectivity index (χ4v) is 1.84. The molecule has 68 valence electrons. The van der Waals surface area contributed by atoms with Gasteiger partial charge in [0.2, 0.25) is 0 Å². The van der Waals surface area contributed by atoms with E-state index in [1.807, 2.05) is 6.07 Å². The third-order valence-corrected chi connectivity index (χ3v) is 2.93. The largest absolute Gasteiger partial charge is 0.120 e. The van der Waals surface area contributed by atoms with Crippen LogP contribution in [0.2, 0.25) is 0 Å². The van der Waals surface area contributed by atoms with Crippen molar-refractivity contribution in [3.8, 4) is 12.3 Å². The summed E-state index contributed by atoms with van der Waals surface area (Å²) in [6.45, 7) is 0. The van der Waals surface area contributed by atoms with E-state index in [1.54, 1.807) is 0 Å². The molecule has 0 saturated heterocycles. The molecule has 0 amide bonds. The molecule has 0 heterocycles. The molecule has 1 heteroatoms. The van der Waals surface area contributed by atoms with Crippen LogP contribution in [0.3, 0.4) is 0 Å². The fourth-order valence-electron chi connectivity index (χ4n) is 1.21. The van der Waals surface area contributed by atoms with E-state index >= 15 is 0 Å². The molecule has 0 aliphatic rings. The smallest absolute Gasteiger partial charge is 0.0395 e. The Morgan fingerprint density at radius 3 is 2.62 bits per heavy atom. The highest BCUT2D eigenvalue weighted by Gasteiger charge is 2.04. The Hall–Kier alpha value is -0.740. The normalized spacial score (nSPS) is 12.0. The highest BCUT2D eigenvalue weighted by molar-refractivity contribution is 9.09. The fraction of sp³-hybridized carbons (Fsp3) is 0.333. The van der Waals surface area contributed by atoms with E-state index in [0.717, 1.165) is 19.3 Å². The predicted molar refractivity (Wildman–Crippen MR) is 60.8 cm³/mol. The van der Waals surface area contributed by atoms with E-state index < -0.39 is 0 Å². The Kier molecular flexibility index (Phi) is 4.64. The zero-order valence-electron chi connectivity index (χ0n) is 7.54. The van der Waals surface area contributed by atoms with Crippen LogP contribution in [0.4, 0.5) is 0 Å². The zero-order valence-corrected chi connectivity index (χ0v) is 9.13. The van der Waals surface area contributed by atoms with Gasteiger partial charge in [-0.1, -0.05) is 46.3 Å². The topological polar surface area (TPSA) is 0 Å². The molecule has 1 aromatic rings. The van der Waals surface area contributed by atoms with Gasteiger partial charge in [-0.2, -0.15) is 0 Å². The molecule has 1 aromatic carbocycles. The lowest BCUT2D eigenvalue weighted by molar-refractivity contribution is 0.751. The summed E-state index contributed by atoms with van der Waals surface area (Å²) in [5.74, 6) is 2.65. The van der Waals surface area contributed by atoms with E-state index in [4.69, 9.17) is 6.42 Å². The maximum atomic E-state index is 5.19. The second kappa shape index (κ2) is 5.83. The highest BCUT2D eigenvalue weighted by atomic mass is 79.9. The lowest BCUT2D eigenvalue weighted by Crippen LogP contribution is -1.88. The predicted octanol–water partition coefficient (Wildman–Crippen LogP) is 3.93. The van der Waals surface area contributed by atoms with Crippen molar-refractivity contribution in [1.29, 1.82) is 0 Å². The van der Waals surface area contributed by atoms with Crippen LogP contribution in [-0.4, -0.2) is 0 Å². The van der Waals surface area contributed by atoms with Gasteiger partial charge in [0, 0.05) is 11.2 Å². The number of terminal acetylenes is 1. The molecule has 0 radical (unpaired) electrons. The van der Waals surface area contributed by atoms with E-state index in [-0.39, 0.29) is 0 Å². The number of alkyl halides is 1. The minimum Gasteiger partial charge on any atom is -0.120 e. The molecule has 0 saturated carbocycles. The van der Waals surface area contributed by atoms with Crippen molar-refractivity contribution < 1.29 is 0 Å². The number of unbranched alkanes of at least 4 members (excludes halogenated alkanes) is 1. The van der Waals surface area contributed by atoms with Gasteiger partial charge in [0.15, 0.2) is 0 Å². The van der Waals surface area contributed by atoms with Crippen molar-refractivity contribution >= 4 is 15.9 Å². The van der Waals surface area contributed by atoms with Crippen LogP contribution in [0.25, 0.3) is 0 Å². The number of halogens is 1. The number of rotatable bonds is 4. The van der Waals surface area contributed by atoms with Crippen LogP contribution < -0.4 is 0 Å². The quantitative estimate of drug-likeness (QED) is 0.423. The standard InChI is InChI=1S/C12H13Br/c1-2-3-5-10-12(13)11-8-6-4-7-9-11/h1,4,6-9,12H,3,5,10H2. The molecule has 1 rings (SSSR count).